The molecule has 0 saturated carbocycles. The van der Waals surface area contributed by atoms with Gasteiger partial charge in [-0.15, -0.1) is 5.10 Å². The highest BCUT2D eigenvalue weighted by molar-refractivity contribution is 6.41. The molecule has 0 aromatic carbocycles. The van der Waals surface area contributed by atoms with E-state index in [0.29, 0.717) is 10.9 Å². The van der Waals surface area contributed by atoms with Crippen molar-refractivity contribution in [3.63, 3.8) is 0 Å². The summed E-state index contributed by atoms with van der Waals surface area (Å²) in [6, 6.07) is 1.82. The van der Waals surface area contributed by atoms with E-state index in [1.165, 1.54) is 19.4 Å². The lowest BCUT2D eigenvalue weighted by atomic mass is 9.94. The van der Waals surface area contributed by atoms with Crippen molar-refractivity contribution in [2.24, 2.45) is 5.92 Å². The van der Waals surface area contributed by atoms with Crippen LogP contribution in [0.3, 0.4) is 0 Å². The fourth-order valence-electron chi connectivity index (χ4n) is 2.23. The molecule has 0 spiro atoms. The minimum absolute atomic E-state index is 0.283. The minimum atomic E-state index is 0.283. The van der Waals surface area contributed by atoms with Crippen LogP contribution in [0.5, 0.6) is 0 Å². The molecular formula is C11H15Cl2N3. The molecule has 0 amide bonds. The Hall–Kier alpha value is -0.380. The van der Waals surface area contributed by atoms with E-state index in [0.717, 1.165) is 18.7 Å². The normalized spacial score (nSPS) is 22.3. The molecular weight excluding hydrogens is 245 g/mol. The number of rotatable bonds is 2. The van der Waals surface area contributed by atoms with Crippen LogP contribution in [0.25, 0.3) is 0 Å². The number of likely N-dealkylation sites (tertiary alicyclic amines) is 1. The van der Waals surface area contributed by atoms with E-state index in [2.05, 4.69) is 22.1 Å². The number of hydrogen-bond acceptors (Lipinski definition) is 3. The highest BCUT2D eigenvalue weighted by Gasteiger charge is 2.18. The van der Waals surface area contributed by atoms with Crippen molar-refractivity contribution < 1.29 is 0 Å². The molecule has 1 aromatic rings. The first-order chi connectivity index (χ1) is 7.65. The topological polar surface area (TPSA) is 29.0 Å². The van der Waals surface area contributed by atoms with Crippen LogP contribution in [0.4, 0.5) is 0 Å². The zero-order valence-electron chi connectivity index (χ0n) is 9.29. The van der Waals surface area contributed by atoms with Crippen LogP contribution < -0.4 is 0 Å². The molecule has 0 aliphatic carbocycles. The number of halogens is 2. The van der Waals surface area contributed by atoms with Gasteiger partial charge in [0.15, 0.2) is 5.15 Å². The number of aromatic nitrogens is 2. The van der Waals surface area contributed by atoms with Gasteiger partial charge in [-0.25, -0.2) is 0 Å². The van der Waals surface area contributed by atoms with Crippen molar-refractivity contribution >= 4 is 23.2 Å². The fraction of sp³-hybridized carbons (Fsp3) is 0.636. The highest BCUT2D eigenvalue weighted by Crippen LogP contribution is 2.22. The van der Waals surface area contributed by atoms with Gasteiger partial charge in [0, 0.05) is 6.54 Å². The maximum atomic E-state index is 5.92. The number of hydrogen-bond donors (Lipinski definition) is 0. The summed E-state index contributed by atoms with van der Waals surface area (Å²) in [6.07, 6.45) is 3.45. The van der Waals surface area contributed by atoms with Crippen LogP contribution in [0, 0.1) is 5.92 Å². The lowest BCUT2D eigenvalue weighted by Crippen LogP contribution is -2.33. The van der Waals surface area contributed by atoms with Crippen molar-refractivity contribution in [2.75, 3.05) is 20.1 Å². The van der Waals surface area contributed by atoms with Crippen LogP contribution in [0.1, 0.15) is 18.5 Å². The maximum Gasteiger partial charge on any atom is 0.170 e. The Morgan fingerprint density at radius 1 is 1.44 bits per heavy atom. The molecule has 1 atom stereocenters. The second kappa shape index (κ2) is 5.30. The largest absolute Gasteiger partial charge is 0.306 e. The molecule has 1 saturated heterocycles. The van der Waals surface area contributed by atoms with Crippen LogP contribution in [0.15, 0.2) is 6.07 Å². The monoisotopic (exact) mass is 259 g/mol. The van der Waals surface area contributed by atoms with Gasteiger partial charge in [0.05, 0.1) is 10.7 Å². The van der Waals surface area contributed by atoms with Gasteiger partial charge in [-0.1, -0.05) is 23.2 Å². The summed E-state index contributed by atoms with van der Waals surface area (Å²) in [5.41, 5.74) is 0.940. The summed E-state index contributed by atoms with van der Waals surface area (Å²) in [4.78, 5) is 2.36. The molecule has 1 unspecified atom stereocenters. The van der Waals surface area contributed by atoms with E-state index < -0.39 is 0 Å². The second-order valence-electron chi connectivity index (χ2n) is 4.45. The molecule has 2 heterocycles. The molecule has 3 nitrogen and oxygen atoms in total. The van der Waals surface area contributed by atoms with Crippen molar-refractivity contribution in [1.82, 2.24) is 15.1 Å². The number of piperidine rings is 1. The molecule has 0 bridgehead atoms. The summed E-state index contributed by atoms with van der Waals surface area (Å²) >= 11 is 11.6. The molecule has 1 aliphatic heterocycles. The molecule has 16 heavy (non-hydrogen) atoms. The summed E-state index contributed by atoms with van der Waals surface area (Å²) in [5.74, 6) is 0.658. The van der Waals surface area contributed by atoms with Gasteiger partial charge in [0.2, 0.25) is 0 Å². The van der Waals surface area contributed by atoms with Gasteiger partial charge in [0.1, 0.15) is 0 Å². The first-order valence-electron chi connectivity index (χ1n) is 5.51. The molecule has 88 valence electrons. The smallest absolute Gasteiger partial charge is 0.170 e. The molecule has 1 aliphatic rings. The van der Waals surface area contributed by atoms with Gasteiger partial charge >= 0.3 is 0 Å². The van der Waals surface area contributed by atoms with Crippen molar-refractivity contribution in [3.8, 4) is 0 Å². The van der Waals surface area contributed by atoms with E-state index in [-0.39, 0.29) is 5.15 Å². The van der Waals surface area contributed by atoms with Crippen molar-refractivity contribution in [3.05, 3.63) is 21.9 Å². The van der Waals surface area contributed by atoms with Crippen LogP contribution >= 0.6 is 23.2 Å². The summed E-state index contributed by atoms with van der Waals surface area (Å²) < 4.78 is 0. The van der Waals surface area contributed by atoms with E-state index >= 15 is 0 Å². The predicted octanol–water partition coefficient (Wildman–Crippen LogP) is 2.67. The van der Waals surface area contributed by atoms with Crippen LogP contribution in [0.2, 0.25) is 10.2 Å². The minimum Gasteiger partial charge on any atom is -0.306 e. The van der Waals surface area contributed by atoms with E-state index in [1.54, 1.807) is 0 Å². The summed E-state index contributed by atoms with van der Waals surface area (Å²) in [6.45, 7) is 2.32. The lowest BCUT2D eigenvalue weighted by Gasteiger charge is -2.29. The van der Waals surface area contributed by atoms with Crippen LogP contribution in [-0.2, 0) is 6.42 Å². The molecule has 0 N–H and O–H groups in total. The molecule has 1 fully saturated rings. The molecule has 5 heteroatoms. The third kappa shape index (κ3) is 3.06. The third-order valence-corrected chi connectivity index (χ3v) is 3.64. The maximum absolute atomic E-state index is 5.92. The highest BCUT2D eigenvalue weighted by atomic mass is 35.5. The predicted molar refractivity (Wildman–Crippen MR) is 66.0 cm³/mol. The van der Waals surface area contributed by atoms with E-state index in [1.807, 2.05) is 6.07 Å². The quantitative estimate of drug-likeness (QED) is 0.818. The van der Waals surface area contributed by atoms with E-state index in [9.17, 15) is 0 Å². The Morgan fingerprint density at radius 3 is 2.94 bits per heavy atom. The fourth-order valence-corrected chi connectivity index (χ4v) is 2.48. The van der Waals surface area contributed by atoms with Gasteiger partial charge in [-0.3, -0.25) is 0 Å². The van der Waals surface area contributed by atoms with Crippen molar-refractivity contribution in [2.45, 2.75) is 19.3 Å². The van der Waals surface area contributed by atoms with Crippen LogP contribution in [-0.4, -0.2) is 35.2 Å². The Bertz CT molecular complexity index is 370. The molecule has 2 rings (SSSR count). The summed E-state index contributed by atoms with van der Waals surface area (Å²) in [7, 11) is 2.16. The Balaban J connectivity index is 2.00. The Morgan fingerprint density at radius 2 is 2.25 bits per heavy atom. The second-order valence-corrected chi connectivity index (χ2v) is 5.21. The lowest BCUT2D eigenvalue weighted by molar-refractivity contribution is 0.208. The standard InChI is InChI=1S/C11H15Cl2N3/c1-16-4-2-3-8(7-16)5-9-6-10(12)11(13)15-14-9/h6,8H,2-5,7H2,1H3. The van der Waals surface area contributed by atoms with Gasteiger partial charge in [-0.2, -0.15) is 5.10 Å². The number of nitrogens with zero attached hydrogens (tertiary/aromatic N) is 3. The third-order valence-electron chi connectivity index (χ3n) is 2.98. The first-order valence-corrected chi connectivity index (χ1v) is 6.27. The average molecular weight is 260 g/mol. The zero-order valence-corrected chi connectivity index (χ0v) is 10.8. The first kappa shape index (κ1) is 12.1. The Kier molecular flexibility index (Phi) is 4.00. The van der Waals surface area contributed by atoms with E-state index in [4.69, 9.17) is 23.2 Å². The Labute approximate surface area is 106 Å². The average Bonchev–Trinajstić information content (AvgIpc) is 2.24. The van der Waals surface area contributed by atoms with Crippen molar-refractivity contribution in [1.29, 1.82) is 0 Å². The summed E-state index contributed by atoms with van der Waals surface area (Å²) in [5, 5.41) is 8.69. The SMILES string of the molecule is CN1CCCC(Cc2cc(Cl)c(Cl)nn2)C1. The van der Waals surface area contributed by atoms with Gasteiger partial charge in [-0.05, 0) is 44.8 Å². The zero-order chi connectivity index (χ0) is 11.5. The molecule has 1 aromatic heterocycles. The van der Waals surface area contributed by atoms with Gasteiger partial charge in [0.25, 0.3) is 0 Å². The van der Waals surface area contributed by atoms with Gasteiger partial charge < -0.3 is 4.90 Å². The molecule has 0 radical (unpaired) electrons.